The molecule has 0 fully saturated rings. The molecule has 6 heteroatoms. The van der Waals surface area contributed by atoms with Crippen molar-refractivity contribution in [2.24, 2.45) is 0 Å². The molecule has 1 heterocycles. The molecule has 0 saturated heterocycles. The van der Waals surface area contributed by atoms with Gasteiger partial charge in [-0.1, -0.05) is 0 Å². The number of fused-ring (bicyclic) bond motifs is 1. The van der Waals surface area contributed by atoms with Crippen LogP contribution in [0.2, 0.25) is 0 Å². The average molecular weight is 357 g/mol. The Labute approximate surface area is 154 Å². The number of imidazole rings is 1. The number of aldehydes is 1. The Morgan fingerprint density at radius 3 is 2.44 bits per heavy atom. The van der Waals surface area contributed by atoms with Gasteiger partial charge < -0.3 is 15.4 Å². The van der Waals surface area contributed by atoms with Gasteiger partial charge in [-0.15, -0.1) is 0 Å². The van der Waals surface area contributed by atoms with Gasteiger partial charge in [0.2, 0.25) is 0 Å². The summed E-state index contributed by atoms with van der Waals surface area (Å²) in [5.41, 5.74) is 4.13. The number of hydrogen-bond donors (Lipinski definition) is 3. The molecule has 4 aromatic rings. The van der Waals surface area contributed by atoms with Crippen LogP contribution in [0.4, 0.5) is 5.69 Å². The van der Waals surface area contributed by atoms with Crippen LogP contribution < -0.4 is 5.32 Å². The lowest BCUT2D eigenvalue weighted by Gasteiger charge is -2.06. The fourth-order valence-corrected chi connectivity index (χ4v) is 2.76. The Bertz CT molecular complexity index is 1130. The number of carbonyl (C=O) groups is 2. The van der Waals surface area contributed by atoms with Crippen molar-refractivity contribution in [3.05, 3.63) is 77.9 Å². The van der Waals surface area contributed by atoms with E-state index in [1.54, 1.807) is 42.5 Å². The van der Waals surface area contributed by atoms with E-state index in [0.717, 1.165) is 22.9 Å². The van der Waals surface area contributed by atoms with Crippen molar-refractivity contribution in [2.45, 2.75) is 0 Å². The number of benzene rings is 3. The van der Waals surface area contributed by atoms with Gasteiger partial charge in [0.25, 0.3) is 5.91 Å². The number of aromatic amines is 1. The Kier molecular flexibility index (Phi) is 4.14. The van der Waals surface area contributed by atoms with E-state index in [1.807, 2.05) is 12.1 Å². The molecule has 6 nitrogen and oxygen atoms in total. The smallest absolute Gasteiger partial charge is 0.255 e. The molecule has 0 spiro atoms. The number of carbonyl (C=O) groups excluding carboxylic acids is 2. The van der Waals surface area contributed by atoms with Crippen LogP contribution in [0.25, 0.3) is 22.4 Å². The van der Waals surface area contributed by atoms with Gasteiger partial charge in [0, 0.05) is 22.4 Å². The number of H-pyrrole nitrogens is 1. The van der Waals surface area contributed by atoms with Gasteiger partial charge in [-0.05, 0) is 66.7 Å². The van der Waals surface area contributed by atoms with E-state index in [-0.39, 0.29) is 11.7 Å². The summed E-state index contributed by atoms with van der Waals surface area (Å²) >= 11 is 0. The third kappa shape index (κ3) is 3.41. The van der Waals surface area contributed by atoms with E-state index in [1.165, 1.54) is 12.1 Å². The summed E-state index contributed by atoms with van der Waals surface area (Å²) in [4.78, 5) is 30.8. The standard InChI is InChI=1S/C21H15N3O3/c25-12-13-1-10-18-19(11-13)24-20(23-18)14-2-6-16(7-3-14)22-21(27)15-4-8-17(26)9-5-15/h1-12,26H,(H,22,27)(H,23,24). The van der Waals surface area contributed by atoms with Crippen molar-refractivity contribution in [3.63, 3.8) is 0 Å². The number of aromatic nitrogens is 2. The van der Waals surface area contributed by atoms with E-state index in [2.05, 4.69) is 15.3 Å². The monoisotopic (exact) mass is 357 g/mol. The highest BCUT2D eigenvalue weighted by atomic mass is 16.3. The maximum atomic E-state index is 12.2. The fourth-order valence-electron chi connectivity index (χ4n) is 2.76. The topological polar surface area (TPSA) is 95.1 Å². The third-order valence-electron chi connectivity index (χ3n) is 4.19. The molecular weight excluding hydrogens is 342 g/mol. The molecule has 0 bridgehead atoms. The van der Waals surface area contributed by atoms with Gasteiger partial charge in [0.1, 0.15) is 17.9 Å². The first-order valence-corrected chi connectivity index (χ1v) is 8.28. The molecular formula is C21H15N3O3. The van der Waals surface area contributed by atoms with Crippen molar-refractivity contribution in [1.82, 2.24) is 9.97 Å². The van der Waals surface area contributed by atoms with Gasteiger partial charge in [-0.25, -0.2) is 4.98 Å². The van der Waals surface area contributed by atoms with E-state index in [4.69, 9.17) is 0 Å². The van der Waals surface area contributed by atoms with Crippen molar-refractivity contribution in [2.75, 3.05) is 5.32 Å². The molecule has 0 aliphatic rings. The highest BCUT2D eigenvalue weighted by molar-refractivity contribution is 6.04. The summed E-state index contributed by atoms with van der Waals surface area (Å²) in [6.45, 7) is 0. The first-order chi connectivity index (χ1) is 13.1. The summed E-state index contributed by atoms with van der Waals surface area (Å²) in [6.07, 6.45) is 0.797. The molecule has 0 radical (unpaired) electrons. The Balaban J connectivity index is 1.54. The highest BCUT2D eigenvalue weighted by Gasteiger charge is 2.08. The summed E-state index contributed by atoms with van der Waals surface area (Å²) in [7, 11) is 0. The van der Waals surface area contributed by atoms with Crippen molar-refractivity contribution < 1.29 is 14.7 Å². The first kappa shape index (κ1) is 16.5. The van der Waals surface area contributed by atoms with Gasteiger partial charge in [0.05, 0.1) is 11.0 Å². The summed E-state index contributed by atoms with van der Waals surface area (Å²) in [6, 6.07) is 18.6. The molecule has 1 aromatic heterocycles. The zero-order chi connectivity index (χ0) is 18.8. The molecule has 0 unspecified atom stereocenters. The van der Waals surface area contributed by atoms with Crippen LogP contribution in [0.1, 0.15) is 20.7 Å². The van der Waals surface area contributed by atoms with Crippen LogP contribution in [0.3, 0.4) is 0 Å². The third-order valence-corrected chi connectivity index (χ3v) is 4.19. The molecule has 1 amide bonds. The number of anilines is 1. The number of phenols is 1. The lowest BCUT2D eigenvalue weighted by atomic mass is 10.1. The lowest BCUT2D eigenvalue weighted by molar-refractivity contribution is 0.102. The predicted molar refractivity (Wildman–Crippen MR) is 103 cm³/mol. The minimum absolute atomic E-state index is 0.113. The number of rotatable bonds is 4. The molecule has 0 aliphatic carbocycles. The number of hydrogen-bond acceptors (Lipinski definition) is 4. The highest BCUT2D eigenvalue weighted by Crippen LogP contribution is 2.23. The minimum Gasteiger partial charge on any atom is -0.508 e. The van der Waals surface area contributed by atoms with E-state index in [0.29, 0.717) is 22.6 Å². The van der Waals surface area contributed by atoms with E-state index < -0.39 is 0 Å². The predicted octanol–water partition coefficient (Wildman–Crippen LogP) is 4.00. The second-order valence-electron chi connectivity index (χ2n) is 6.06. The maximum Gasteiger partial charge on any atom is 0.255 e. The molecule has 0 saturated carbocycles. The number of phenolic OH excluding ortho intramolecular Hbond substituents is 1. The zero-order valence-corrected chi connectivity index (χ0v) is 14.1. The molecule has 4 rings (SSSR count). The van der Waals surface area contributed by atoms with E-state index >= 15 is 0 Å². The Hall–Kier alpha value is -3.93. The summed E-state index contributed by atoms with van der Waals surface area (Å²) < 4.78 is 0. The van der Waals surface area contributed by atoms with Crippen LogP contribution in [0.5, 0.6) is 5.75 Å². The maximum absolute atomic E-state index is 12.2. The van der Waals surface area contributed by atoms with Crippen molar-refractivity contribution in [1.29, 1.82) is 0 Å². The normalized spacial score (nSPS) is 10.7. The summed E-state index contributed by atoms with van der Waals surface area (Å²) in [5.74, 6) is 0.541. The second kappa shape index (κ2) is 6.76. The van der Waals surface area contributed by atoms with Gasteiger partial charge in [0.15, 0.2) is 0 Å². The lowest BCUT2D eigenvalue weighted by Crippen LogP contribution is -2.11. The molecule has 132 valence electrons. The van der Waals surface area contributed by atoms with Crippen molar-refractivity contribution in [3.8, 4) is 17.1 Å². The van der Waals surface area contributed by atoms with Gasteiger partial charge >= 0.3 is 0 Å². The van der Waals surface area contributed by atoms with Crippen LogP contribution in [-0.2, 0) is 0 Å². The SMILES string of the molecule is O=Cc1ccc2nc(-c3ccc(NC(=O)c4ccc(O)cc4)cc3)[nH]c2c1. The molecule has 3 N–H and O–H groups in total. The van der Waals surface area contributed by atoms with Crippen LogP contribution >= 0.6 is 0 Å². The van der Waals surface area contributed by atoms with E-state index in [9.17, 15) is 14.7 Å². The fraction of sp³-hybridized carbons (Fsp3) is 0. The Morgan fingerprint density at radius 1 is 1.00 bits per heavy atom. The largest absolute Gasteiger partial charge is 0.508 e. The van der Waals surface area contributed by atoms with Gasteiger partial charge in [-0.3, -0.25) is 9.59 Å². The molecule has 0 atom stereocenters. The molecule has 27 heavy (non-hydrogen) atoms. The average Bonchev–Trinajstić information content (AvgIpc) is 3.12. The quantitative estimate of drug-likeness (QED) is 0.481. The van der Waals surface area contributed by atoms with Crippen LogP contribution in [0.15, 0.2) is 66.7 Å². The second-order valence-corrected chi connectivity index (χ2v) is 6.06. The Morgan fingerprint density at radius 2 is 1.74 bits per heavy atom. The van der Waals surface area contributed by atoms with Crippen LogP contribution in [-0.4, -0.2) is 27.3 Å². The van der Waals surface area contributed by atoms with Crippen molar-refractivity contribution >= 4 is 28.9 Å². The number of nitrogens with zero attached hydrogens (tertiary/aromatic N) is 1. The first-order valence-electron chi connectivity index (χ1n) is 8.28. The summed E-state index contributed by atoms with van der Waals surface area (Å²) in [5, 5.41) is 12.1. The van der Waals surface area contributed by atoms with Crippen LogP contribution in [0, 0.1) is 0 Å². The number of amides is 1. The molecule has 0 aliphatic heterocycles. The number of aromatic hydroxyl groups is 1. The molecule has 3 aromatic carbocycles. The number of nitrogens with one attached hydrogen (secondary N) is 2. The zero-order valence-electron chi connectivity index (χ0n) is 14.1. The minimum atomic E-state index is -0.257. The van der Waals surface area contributed by atoms with Gasteiger partial charge in [-0.2, -0.15) is 0 Å².